The van der Waals surface area contributed by atoms with E-state index >= 15 is 0 Å². The molecule has 2 heterocycles. The third kappa shape index (κ3) is 4.01. The van der Waals surface area contributed by atoms with Crippen LogP contribution in [0.1, 0.15) is 46.0 Å². The molecule has 0 atom stereocenters. The van der Waals surface area contributed by atoms with Crippen molar-refractivity contribution in [2.24, 2.45) is 0 Å². The Balaban J connectivity index is 1.73. The lowest BCUT2D eigenvalue weighted by molar-refractivity contribution is 0.280. The molecular weight excluding hydrogens is 428 g/mol. The van der Waals surface area contributed by atoms with Gasteiger partial charge in [0.15, 0.2) is 5.82 Å². The summed E-state index contributed by atoms with van der Waals surface area (Å²) < 4.78 is 29.1. The summed E-state index contributed by atoms with van der Waals surface area (Å²) in [5.41, 5.74) is 0.570. The van der Waals surface area contributed by atoms with Crippen molar-refractivity contribution in [2.75, 3.05) is 5.32 Å². The van der Waals surface area contributed by atoms with Crippen LogP contribution in [0.5, 0.6) is 0 Å². The van der Waals surface area contributed by atoms with Crippen LogP contribution in [0.3, 0.4) is 0 Å². The first-order chi connectivity index (χ1) is 15.3. The number of sulfonamides is 1. The molecule has 10 heteroatoms. The number of H-pyrrole nitrogens is 1. The van der Waals surface area contributed by atoms with Gasteiger partial charge in [-0.2, -0.15) is 10.4 Å². The Bertz CT molecular complexity index is 1330. The Morgan fingerprint density at radius 3 is 2.53 bits per heavy atom. The van der Waals surface area contributed by atoms with Crippen LogP contribution in [0.15, 0.2) is 46.2 Å². The SMILES string of the molecule is CC(C)NS(=O)(=O)c1ccc(Nc2nn(C3(CC#N)CCCC3)c3cc[nH]c(=O)c23)cc1. The lowest BCUT2D eigenvalue weighted by atomic mass is 9.94. The average Bonchev–Trinajstić information content (AvgIpc) is 3.34. The maximum atomic E-state index is 12.7. The van der Waals surface area contributed by atoms with Crippen molar-refractivity contribution >= 4 is 32.4 Å². The number of anilines is 2. The minimum atomic E-state index is -3.60. The molecule has 1 aliphatic rings. The molecule has 0 spiro atoms. The number of pyridine rings is 1. The second kappa shape index (κ2) is 8.41. The number of hydrogen-bond acceptors (Lipinski definition) is 6. The fourth-order valence-electron chi connectivity index (χ4n) is 4.40. The number of rotatable bonds is 7. The summed E-state index contributed by atoms with van der Waals surface area (Å²) in [4.78, 5) is 15.5. The Morgan fingerprint density at radius 2 is 1.91 bits per heavy atom. The lowest BCUT2D eigenvalue weighted by Gasteiger charge is -2.27. The van der Waals surface area contributed by atoms with Crippen LogP contribution >= 0.6 is 0 Å². The Hall–Kier alpha value is -3.16. The molecule has 1 aromatic carbocycles. The highest BCUT2D eigenvalue weighted by Crippen LogP contribution is 2.41. The zero-order valence-corrected chi connectivity index (χ0v) is 18.9. The Kier molecular flexibility index (Phi) is 5.79. The van der Waals surface area contributed by atoms with E-state index in [1.165, 1.54) is 12.1 Å². The van der Waals surface area contributed by atoms with Crippen molar-refractivity contribution < 1.29 is 8.42 Å². The molecule has 4 rings (SSSR count). The first-order valence-corrected chi connectivity index (χ1v) is 12.1. The van der Waals surface area contributed by atoms with Gasteiger partial charge < -0.3 is 10.3 Å². The van der Waals surface area contributed by atoms with Gasteiger partial charge in [-0.15, -0.1) is 0 Å². The second-order valence-corrected chi connectivity index (χ2v) is 10.2. The maximum absolute atomic E-state index is 12.7. The summed E-state index contributed by atoms with van der Waals surface area (Å²) >= 11 is 0. The molecule has 2 aromatic heterocycles. The third-order valence-corrected chi connectivity index (χ3v) is 7.49. The van der Waals surface area contributed by atoms with Crippen molar-refractivity contribution in [2.45, 2.75) is 62.4 Å². The number of nitrogens with one attached hydrogen (secondary N) is 3. The number of aromatic nitrogens is 3. The van der Waals surface area contributed by atoms with E-state index in [2.05, 4.69) is 21.1 Å². The molecule has 3 N–H and O–H groups in total. The molecule has 1 fully saturated rings. The number of nitriles is 1. The number of aromatic amines is 1. The van der Waals surface area contributed by atoms with Gasteiger partial charge in [0.2, 0.25) is 10.0 Å². The summed E-state index contributed by atoms with van der Waals surface area (Å²) in [6.45, 7) is 3.52. The highest BCUT2D eigenvalue weighted by atomic mass is 32.2. The molecule has 1 saturated carbocycles. The van der Waals surface area contributed by atoms with Gasteiger partial charge in [0, 0.05) is 17.9 Å². The predicted molar refractivity (Wildman–Crippen MR) is 122 cm³/mol. The number of nitrogens with zero attached hydrogens (tertiary/aromatic N) is 3. The highest BCUT2D eigenvalue weighted by molar-refractivity contribution is 7.89. The van der Waals surface area contributed by atoms with Gasteiger partial charge in [0.1, 0.15) is 5.39 Å². The standard InChI is InChI=1S/C22H26N6O3S/c1-15(2)27-32(30,31)17-7-5-16(6-8-17)25-20-19-18(9-14-24-21(19)29)28(26-20)22(12-13-23)10-3-4-11-22/h5-9,14-15,27H,3-4,10-12H2,1-2H3,(H,24,29)(H,25,26). The molecular formula is C22H26N6O3S. The largest absolute Gasteiger partial charge is 0.338 e. The van der Waals surface area contributed by atoms with Crippen LogP contribution in [0, 0.1) is 11.3 Å². The van der Waals surface area contributed by atoms with Crippen LogP contribution in [-0.4, -0.2) is 29.2 Å². The zero-order chi connectivity index (χ0) is 22.9. The van der Waals surface area contributed by atoms with E-state index < -0.39 is 15.6 Å². The van der Waals surface area contributed by atoms with Crippen molar-refractivity contribution in [3.63, 3.8) is 0 Å². The summed E-state index contributed by atoms with van der Waals surface area (Å²) in [7, 11) is -3.60. The zero-order valence-electron chi connectivity index (χ0n) is 18.1. The number of benzene rings is 1. The highest BCUT2D eigenvalue weighted by Gasteiger charge is 2.38. The fourth-order valence-corrected chi connectivity index (χ4v) is 5.65. The molecule has 0 unspecified atom stereocenters. The van der Waals surface area contributed by atoms with E-state index in [9.17, 15) is 18.5 Å². The van der Waals surface area contributed by atoms with Crippen LogP contribution in [0.2, 0.25) is 0 Å². The van der Waals surface area contributed by atoms with Gasteiger partial charge in [-0.3, -0.25) is 9.48 Å². The van der Waals surface area contributed by atoms with Crippen LogP contribution in [-0.2, 0) is 15.6 Å². The first-order valence-electron chi connectivity index (χ1n) is 10.6. The summed E-state index contributed by atoms with van der Waals surface area (Å²) in [6.07, 6.45) is 5.59. The van der Waals surface area contributed by atoms with Crippen molar-refractivity contribution in [3.05, 3.63) is 46.9 Å². The minimum Gasteiger partial charge on any atom is -0.338 e. The van der Waals surface area contributed by atoms with Gasteiger partial charge in [-0.1, -0.05) is 12.8 Å². The topological polar surface area (TPSA) is 133 Å². The quantitative estimate of drug-likeness (QED) is 0.501. The van der Waals surface area contributed by atoms with E-state index in [1.54, 1.807) is 38.2 Å². The summed E-state index contributed by atoms with van der Waals surface area (Å²) in [6, 6.07) is 10.2. The van der Waals surface area contributed by atoms with Crippen LogP contribution in [0.4, 0.5) is 11.5 Å². The van der Waals surface area contributed by atoms with E-state index in [4.69, 9.17) is 5.10 Å². The van der Waals surface area contributed by atoms with E-state index in [0.29, 0.717) is 28.8 Å². The minimum absolute atomic E-state index is 0.156. The molecule has 1 aliphatic carbocycles. The molecule has 0 saturated heterocycles. The Morgan fingerprint density at radius 1 is 1.22 bits per heavy atom. The van der Waals surface area contributed by atoms with Crippen LogP contribution < -0.4 is 15.6 Å². The average molecular weight is 455 g/mol. The normalized spacial score (nSPS) is 15.8. The molecule has 0 radical (unpaired) electrons. The van der Waals surface area contributed by atoms with E-state index in [1.807, 2.05) is 4.68 Å². The van der Waals surface area contributed by atoms with Crippen molar-refractivity contribution in [1.29, 1.82) is 5.26 Å². The number of fused-ring (bicyclic) bond motifs is 1. The molecule has 32 heavy (non-hydrogen) atoms. The summed E-state index contributed by atoms with van der Waals surface area (Å²) in [5, 5.41) is 17.7. The van der Waals surface area contributed by atoms with Crippen LogP contribution in [0.25, 0.3) is 10.9 Å². The van der Waals surface area contributed by atoms with Gasteiger partial charge in [-0.25, -0.2) is 13.1 Å². The molecule has 3 aromatic rings. The van der Waals surface area contributed by atoms with E-state index in [0.717, 1.165) is 25.7 Å². The molecule has 9 nitrogen and oxygen atoms in total. The molecule has 0 bridgehead atoms. The molecule has 0 amide bonds. The Labute approximate surface area is 186 Å². The van der Waals surface area contributed by atoms with Gasteiger partial charge in [0.05, 0.1) is 28.4 Å². The summed E-state index contributed by atoms with van der Waals surface area (Å²) in [5.74, 6) is 0.377. The smallest absolute Gasteiger partial charge is 0.261 e. The second-order valence-electron chi connectivity index (χ2n) is 8.52. The maximum Gasteiger partial charge on any atom is 0.261 e. The van der Waals surface area contributed by atoms with Gasteiger partial charge in [-0.05, 0) is 57.0 Å². The first kappa shape index (κ1) is 22.0. The van der Waals surface area contributed by atoms with E-state index in [-0.39, 0.29) is 16.5 Å². The predicted octanol–water partition coefficient (Wildman–Crippen LogP) is 3.34. The van der Waals surface area contributed by atoms with Crippen molar-refractivity contribution in [1.82, 2.24) is 19.5 Å². The number of hydrogen-bond donors (Lipinski definition) is 3. The molecule has 0 aliphatic heterocycles. The van der Waals surface area contributed by atoms with Gasteiger partial charge in [0.25, 0.3) is 5.56 Å². The van der Waals surface area contributed by atoms with Gasteiger partial charge >= 0.3 is 0 Å². The third-order valence-electron chi connectivity index (χ3n) is 5.81. The lowest BCUT2D eigenvalue weighted by Crippen LogP contribution is -2.31. The molecule has 168 valence electrons. The monoisotopic (exact) mass is 454 g/mol. The van der Waals surface area contributed by atoms with Crippen molar-refractivity contribution in [3.8, 4) is 6.07 Å². The fraction of sp³-hybridized carbons (Fsp3) is 0.409.